The molecule has 0 radical (unpaired) electrons. The third-order valence-corrected chi connectivity index (χ3v) is 2.92. The van der Waals surface area contributed by atoms with Gasteiger partial charge in [-0.05, 0) is 32.4 Å². The van der Waals surface area contributed by atoms with E-state index in [0.29, 0.717) is 0 Å². The summed E-state index contributed by atoms with van der Waals surface area (Å²) in [7, 11) is 0. The van der Waals surface area contributed by atoms with Crippen molar-refractivity contribution in [3.63, 3.8) is 0 Å². The monoisotopic (exact) mass is 239 g/mol. The van der Waals surface area contributed by atoms with Crippen molar-refractivity contribution in [3.8, 4) is 0 Å². The predicted molar refractivity (Wildman–Crippen MR) is 69.9 cm³/mol. The van der Waals surface area contributed by atoms with Crippen molar-refractivity contribution in [3.05, 3.63) is 17.5 Å². The predicted octanol–water partition coefficient (Wildman–Crippen LogP) is 1.67. The minimum atomic E-state index is 0.223. The van der Waals surface area contributed by atoms with Gasteiger partial charge in [0.25, 0.3) is 0 Å². The van der Waals surface area contributed by atoms with E-state index in [-0.39, 0.29) is 6.61 Å². The molecule has 0 saturated heterocycles. The van der Waals surface area contributed by atoms with E-state index in [2.05, 4.69) is 41.5 Å². The fourth-order valence-electron chi connectivity index (χ4n) is 2.05. The quantitative estimate of drug-likeness (QED) is 0.750. The number of aliphatic hydroxyl groups excluding tert-OH is 1. The van der Waals surface area contributed by atoms with Gasteiger partial charge in [-0.3, -0.25) is 9.58 Å². The smallest absolute Gasteiger partial charge is 0.0625 e. The molecular formula is C13H25N3O. The van der Waals surface area contributed by atoms with E-state index < -0.39 is 0 Å². The maximum absolute atomic E-state index is 9.06. The highest BCUT2D eigenvalue weighted by Crippen LogP contribution is 2.09. The van der Waals surface area contributed by atoms with Gasteiger partial charge < -0.3 is 5.11 Å². The Kier molecular flexibility index (Phi) is 6.22. The number of aryl methyl sites for hydroxylation is 2. The van der Waals surface area contributed by atoms with Gasteiger partial charge >= 0.3 is 0 Å². The van der Waals surface area contributed by atoms with Crippen LogP contribution in [0.15, 0.2) is 6.07 Å². The van der Waals surface area contributed by atoms with Crippen LogP contribution in [0.3, 0.4) is 0 Å². The summed E-state index contributed by atoms with van der Waals surface area (Å²) in [5.74, 6) is 0. The van der Waals surface area contributed by atoms with Gasteiger partial charge in [-0.2, -0.15) is 5.10 Å². The standard InChI is InChI=1S/C13H25N3O/c1-4-7-15(8-9-17)11-13-10-12(5-2)14-16(13)6-3/h10,17H,4-9,11H2,1-3H3. The second-order valence-corrected chi connectivity index (χ2v) is 4.30. The molecule has 0 atom stereocenters. The van der Waals surface area contributed by atoms with Gasteiger partial charge in [-0.1, -0.05) is 13.8 Å². The molecule has 0 spiro atoms. The van der Waals surface area contributed by atoms with Gasteiger partial charge in [0, 0.05) is 19.6 Å². The van der Waals surface area contributed by atoms with Crippen LogP contribution in [-0.4, -0.2) is 39.5 Å². The SMILES string of the molecule is CCCN(CCO)Cc1cc(CC)nn1CC. The van der Waals surface area contributed by atoms with Crippen LogP contribution in [0.25, 0.3) is 0 Å². The lowest BCUT2D eigenvalue weighted by atomic mass is 10.3. The normalized spacial score (nSPS) is 11.4. The number of aromatic nitrogens is 2. The topological polar surface area (TPSA) is 41.3 Å². The lowest BCUT2D eigenvalue weighted by molar-refractivity contribution is 0.187. The van der Waals surface area contributed by atoms with E-state index in [1.54, 1.807) is 0 Å². The van der Waals surface area contributed by atoms with Crippen molar-refractivity contribution in [2.75, 3.05) is 19.7 Å². The van der Waals surface area contributed by atoms with Gasteiger partial charge in [0.15, 0.2) is 0 Å². The van der Waals surface area contributed by atoms with Gasteiger partial charge in [0.2, 0.25) is 0 Å². The molecule has 17 heavy (non-hydrogen) atoms. The van der Waals surface area contributed by atoms with E-state index in [9.17, 15) is 0 Å². The zero-order valence-corrected chi connectivity index (χ0v) is 11.3. The van der Waals surface area contributed by atoms with Gasteiger partial charge in [0.05, 0.1) is 18.0 Å². The Morgan fingerprint density at radius 1 is 1.29 bits per heavy atom. The molecule has 1 aromatic rings. The Balaban J connectivity index is 2.72. The minimum Gasteiger partial charge on any atom is -0.395 e. The van der Waals surface area contributed by atoms with Gasteiger partial charge in [-0.15, -0.1) is 0 Å². The average molecular weight is 239 g/mol. The highest BCUT2D eigenvalue weighted by atomic mass is 16.3. The molecule has 0 aromatic carbocycles. The molecule has 0 saturated carbocycles. The highest BCUT2D eigenvalue weighted by molar-refractivity contribution is 5.10. The first-order valence-electron chi connectivity index (χ1n) is 6.63. The molecule has 0 fully saturated rings. The molecule has 1 N–H and O–H groups in total. The van der Waals surface area contributed by atoms with Crippen molar-refractivity contribution in [1.29, 1.82) is 0 Å². The Morgan fingerprint density at radius 3 is 2.59 bits per heavy atom. The van der Waals surface area contributed by atoms with E-state index in [4.69, 9.17) is 5.11 Å². The molecular weight excluding hydrogens is 214 g/mol. The van der Waals surface area contributed by atoms with E-state index in [0.717, 1.165) is 44.7 Å². The number of hydrogen-bond acceptors (Lipinski definition) is 3. The molecule has 0 amide bonds. The first-order chi connectivity index (χ1) is 8.24. The molecule has 98 valence electrons. The molecule has 1 heterocycles. The maximum Gasteiger partial charge on any atom is 0.0625 e. The zero-order chi connectivity index (χ0) is 12.7. The summed E-state index contributed by atoms with van der Waals surface area (Å²) in [5, 5.41) is 13.6. The van der Waals surface area contributed by atoms with Crippen molar-refractivity contribution in [2.24, 2.45) is 0 Å². The molecule has 1 rings (SSSR count). The Labute approximate surface area is 104 Å². The van der Waals surface area contributed by atoms with Crippen LogP contribution in [0.5, 0.6) is 0 Å². The summed E-state index contributed by atoms with van der Waals surface area (Å²) in [6.45, 7) is 10.2. The van der Waals surface area contributed by atoms with E-state index >= 15 is 0 Å². The Bertz CT molecular complexity index is 316. The van der Waals surface area contributed by atoms with Gasteiger partial charge in [-0.25, -0.2) is 0 Å². The Hall–Kier alpha value is -0.870. The highest BCUT2D eigenvalue weighted by Gasteiger charge is 2.10. The largest absolute Gasteiger partial charge is 0.395 e. The summed E-state index contributed by atoms with van der Waals surface area (Å²) >= 11 is 0. The minimum absolute atomic E-state index is 0.223. The van der Waals surface area contributed by atoms with Crippen LogP contribution in [0.2, 0.25) is 0 Å². The lowest BCUT2D eigenvalue weighted by Gasteiger charge is -2.20. The second kappa shape index (κ2) is 7.45. The van der Waals surface area contributed by atoms with E-state index in [1.165, 1.54) is 5.69 Å². The average Bonchev–Trinajstić information content (AvgIpc) is 2.72. The number of nitrogens with zero attached hydrogens (tertiary/aromatic N) is 3. The molecule has 0 aliphatic rings. The summed E-state index contributed by atoms with van der Waals surface area (Å²) < 4.78 is 2.07. The first-order valence-corrected chi connectivity index (χ1v) is 6.63. The fourth-order valence-corrected chi connectivity index (χ4v) is 2.05. The van der Waals surface area contributed by atoms with Crippen LogP contribution in [-0.2, 0) is 19.5 Å². The van der Waals surface area contributed by atoms with Crippen LogP contribution in [0.4, 0.5) is 0 Å². The molecule has 0 bridgehead atoms. The van der Waals surface area contributed by atoms with Crippen molar-refractivity contribution in [2.45, 2.75) is 46.7 Å². The Morgan fingerprint density at radius 2 is 2.06 bits per heavy atom. The molecule has 4 heteroatoms. The van der Waals surface area contributed by atoms with E-state index in [1.807, 2.05) is 0 Å². The number of hydrogen-bond donors (Lipinski definition) is 1. The van der Waals surface area contributed by atoms with Crippen molar-refractivity contribution in [1.82, 2.24) is 14.7 Å². The maximum atomic E-state index is 9.06. The number of aliphatic hydroxyl groups is 1. The second-order valence-electron chi connectivity index (χ2n) is 4.30. The first kappa shape index (κ1) is 14.2. The van der Waals surface area contributed by atoms with Crippen molar-refractivity contribution >= 4 is 0 Å². The molecule has 4 nitrogen and oxygen atoms in total. The molecule has 0 aliphatic carbocycles. The van der Waals surface area contributed by atoms with Gasteiger partial charge in [0.1, 0.15) is 0 Å². The third kappa shape index (κ3) is 4.13. The molecule has 0 aliphatic heterocycles. The number of rotatable bonds is 8. The zero-order valence-electron chi connectivity index (χ0n) is 11.3. The molecule has 0 unspecified atom stereocenters. The third-order valence-electron chi connectivity index (χ3n) is 2.92. The fraction of sp³-hybridized carbons (Fsp3) is 0.769. The van der Waals surface area contributed by atoms with Crippen LogP contribution < -0.4 is 0 Å². The van der Waals surface area contributed by atoms with Crippen molar-refractivity contribution < 1.29 is 5.11 Å². The molecule has 1 aromatic heterocycles. The van der Waals surface area contributed by atoms with Crippen LogP contribution in [0, 0.1) is 0 Å². The lowest BCUT2D eigenvalue weighted by Crippen LogP contribution is -2.28. The summed E-state index contributed by atoms with van der Waals surface area (Å²) in [6.07, 6.45) is 2.09. The van der Waals surface area contributed by atoms with Crippen LogP contribution in [0.1, 0.15) is 38.6 Å². The summed E-state index contributed by atoms with van der Waals surface area (Å²) in [4.78, 5) is 2.28. The van der Waals surface area contributed by atoms with Crippen LogP contribution >= 0.6 is 0 Å². The summed E-state index contributed by atoms with van der Waals surface area (Å²) in [5.41, 5.74) is 2.41. The summed E-state index contributed by atoms with van der Waals surface area (Å²) in [6, 6.07) is 2.18.